The quantitative estimate of drug-likeness (QED) is 0.612. The number of fused-ring (bicyclic) bond motifs is 1. The zero-order valence-electron chi connectivity index (χ0n) is 8.87. The molecule has 2 aromatic rings. The van der Waals surface area contributed by atoms with Crippen LogP contribution < -0.4 is 4.18 Å². The standard InChI is InChI=1S/C12H10O4S/c13-8-9-17(14,15)16-12-7-3-5-10-4-1-2-6-11(10)12/h1-8H,9H2. The van der Waals surface area contributed by atoms with Gasteiger partial charge in [-0.3, -0.25) is 0 Å². The van der Waals surface area contributed by atoms with Crippen LogP contribution in [0.5, 0.6) is 5.75 Å². The molecule has 0 aliphatic heterocycles. The van der Waals surface area contributed by atoms with E-state index in [0.717, 1.165) is 5.39 Å². The Morgan fingerprint density at radius 1 is 1.06 bits per heavy atom. The second kappa shape index (κ2) is 4.55. The molecule has 0 unspecified atom stereocenters. The maximum Gasteiger partial charge on any atom is 0.316 e. The summed E-state index contributed by atoms with van der Waals surface area (Å²) in [5, 5.41) is 1.58. The number of carbonyl (C=O) groups is 1. The molecule has 0 N–H and O–H groups in total. The van der Waals surface area contributed by atoms with Gasteiger partial charge in [0.2, 0.25) is 0 Å². The lowest BCUT2D eigenvalue weighted by Crippen LogP contribution is -2.14. The number of aldehydes is 1. The summed E-state index contributed by atoms with van der Waals surface area (Å²) in [6.07, 6.45) is 0.306. The van der Waals surface area contributed by atoms with E-state index in [1.807, 2.05) is 18.2 Å². The highest BCUT2D eigenvalue weighted by Gasteiger charge is 2.13. The molecule has 0 saturated heterocycles. The molecule has 0 aliphatic carbocycles. The summed E-state index contributed by atoms with van der Waals surface area (Å²) in [4.78, 5) is 10.2. The molecule has 0 amide bonds. The first-order chi connectivity index (χ1) is 8.12. The van der Waals surface area contributed by atoms with Gasteiger partial charge in [0.15, 0.2) is 0 Å². The predicted molar refractivity (Wildman–Crippen MR) is 64.4 cm³/mol. The Labute approximate surface area is 99.0 Å². The zero-order chi connectivity index (χ0) is 12.3. The van der Waals surface area contributed by atoms with Crippen LogP contribution in [0.2, 0.25) is 0 Å². The van der Waals surface area contributed by atoms with E-state index in [2.05, 4.69) is 0 Å². The minimum Gasteiger partial charge on any atom is -0.381 e. The molecular weight excluding hydrogens is 240 g/mol. The summed E-state index contributed by atoms with van der Waals surface area (Å²) < 4.78 is 27.7. The molecule has 0 aliphatic rings. The van der Waals surface area contributed by atoms with Crippen molar-refractivity contribution in [1.82, 2.24) is 0 Å². The lowest BCUT2D eigenvalue weighted by Gasteiger charge is -2.07. The molecule has 88 valence electrons. The maximum atomic E-state index is 11.4. The van der Waals surface area contributed by atoms with Crippen molar-refractivity contribution in [3.05, 3.63) is 42.5 Å². The molecule has 4 nitrogen and oxygen atoms in total. The van der Waals surface area contributed by atoms with Crippen molar-refractivity contribution in [2.24, 2.45) is 0 Å². The van der Waals surface area contributed by atoms with E-state index in [0.29, 0.717) is 11.7 Å². The van der Waals surface area contributed by atoms with Gasteiger partial charge in [0.25, 0.3) is 0 Å². The molecule has 0 fully saturated rings. The molecule has 0 aromatic heterocycles. The van der Waals surface area contributed by atoms with Crippen molar-refractivity contribution in [1.29, 1.82) is 0 Å². The van der Waals surface area contributed by atoms with E-state index in [9.17, 15) is 13.2 Å². The van der Waals surface area contributed by atoms with E-state index >= 15 is 0 Å². The number of hydrogen-bond donors (Lipinski definition) is 0. The summed E-state index contributed by atoms with van der Waals surface area (Å²) in [5.41, 5.74) is 0. The second-order valence-electron chi connectivity index (χ2n) is 3.45. The van der Waals surface area contributed by atoms with Crippen molar-refractivity contribution in [3.63, 3.8) is 0 Å². The van der Waals surface area contributed by atoms with Gasteiger partial charge in [0.05, 0.1) is 0 Å². The summed E-state index contributed by atoms with van der Waals surface area (Å²) in [7, 11) is -3.84. The minimum absolute atomic E-state index is 0.241. The van der Waals surface area contributed by atoms with Crippen LogP contribution in [-0.4, -0.2) is 20.5 Å². The first-order valence-corrected chi connectivity index (χ1v) is 6.54. The van der Waals surface area contributed by atoms with Gasteiger partial charge in [-0.1, -0.05) is 36.4 Å². The summed E-state index contributed by atoms with van der Waals surface area (Å²) in [5.74, 6) is -0.402. The summed E-state index contributed by atoms with van der Waals surface area (Å²) >= 11 is 0. The van der Waals surface area contributed by atoms with E-state index in [1.165, 1.54) is 0 Å². The smallest absolute Gasteiger partial charge is 0.316 e. The Kier molecular flexibility index (Phi) is 3.10. The largest absolute Gasteiger partial charge is 0.381 e. The summed E-state index contributed by atoms with van der Waals surface area (Å²) in [6, 6.07) is 12.4. The lowest BCUT2D eigenvalue weighted by atomic mass is 10.1. The van der Waals surface area contributed by atoms with Crippen molar-refractivity contribution in [2.45, 2.75) is 0 Å². The highest BCUT2D eigenvalue weighted by atomic mass is 32.2. The van der Waals surface area contributed by atoms with E-state index in [4.69, 9.17) is 4.18 Å². The number of hydrogen-bond acceptors (Lipinski definition) is 4. The van der Waals surface area contributed by atoms with E-state index in [1.54, 1.807) is 24.3 Å². The van der Waals surface area contributed by atoms with Crippen molar-refractivity contribution < 1.29 is 17.4 Å². The maximum absolute atomic E-state index is 11.4. The van der Waals surface area contributed by atoms with Crippen LogP contribution >= 0.6 is 0 Å². The average Bonchev–Trinajstić information content (AvgIpc) is 2.29. The topological polar surface area (TPSA) is 60.4 Å². The molecule has 2 aromatic carbocycles. The molecule has 0 heterocycles. The number of rotatable bonds is 4. The van der Waals surface area contributed by atoms with Crippen molar-refractivity contribution >= 4 is 27.2 Å². The molecule has 0 spiro atoms. The first kappa shape index (κ1) is 11.6. The monoisotopic (exact) mass is 250 g/mol. The van der Waals surface area contributed by atoms with Gasteiger partial charge < -0.3 is 8.98 Å². The predicted octanol–water partition coefficient (Wildman–Crippen LogP) is 1.75. The van der Waals surface area contributed by atoms with Crippen LogP contribution in [0.3, 0.4) is 0 Å². The number of carbonyl (C=O) groups excluding carboxylic acids is 1. The highest BCUT2D eigenvalue weighted by Crippen LogP contribution is 2.26. The van der Waals surface area contributed by atoms with Gasteiger partial charge in [0.1, 0.15) is 17.8 Å². The lowest BCUT2D eigenvalue weighted by molar-refractivity contribution is -0.105. The fraction of sp³-hybridized carbons (Fsp3) is 0.0833. The van der Waals surface area contributed by atoms with Gasteiger partial charge in [-0.2, -0.15) is 8.42 Å². The molecule has 0 bridgehead atoms. The van der Waals surface area contributed by atoms with Crippen molar-refractivity contribution in [3.8, 4) is 5.75 Å². The molecule has 0 atom stereocenters. The van der Waals surface area contributed by atoms with Crippen LogP contribution in [0, 0.1) is 0 Å². The first-order valence-electron chi connectivity index (χ1n) is 4.96. The molecule has 5 heteroatoms. The van der Waals surface area contributed by atoms with Gasteiger partial charge in [-0.25, -0.2) is 0 Å². The van der Waals surface area contributed by atoms with Crippen LogP contribution in [-0.2, 0) is 14.9 Å². The van der Waals surface area contributed by atoms with Gasteiger partial charge >= 0.3 is 10.1 Å². The Hall–Kier alpha value is -1.88. The third kappa shape index (κ3) is 2.62. The Balaban J connectivity index is 2.46. The zero-order valence-corrected chi connectivity index (χ0v) is 9.68. The molecular formula is C12H10O4S. The van der Waals surface area contributed by atoms with E-state index in [-0.39, 0.29) is 5.75 Å². The van der Waals surface area contributed by atoms with Crippen LogP contribution in [0.15, 0.2) is 42.5 Å². The Morgan fingerprint density at radius 2 is 1.76 bits per heavy atom. The van der Waals surface area contributed by atoms with Crippen molar-refractivity contribution in [2.75, 3.05) is 5.75 Å². The number of benzene rings is 2. The van der Waals surface area contributed by atoms with Crippen LogP contribution in [0.1, 0.15) is 0 Å². The van der Waals surface area contributed by atoms with Crippen LogP contribution in [0.25, 0.3) is 10.8 Å². The van der Waals surface area contributed by atoms with Gasteiger partial charge in [0, 0.05) is 5.39 Å². The molecule has 17 heavy (non-hydrogen) atoms. The third-order valence-electron chi connectivity index (χ3n) is 2.24. The Bertz CT molecular complexity index is 641. The Morgan fingerprint density at radius 3 is 2.53 bits per heavy atom. The normalized spacial score (nSPS) is 11.3. The third-order valence-corrected chi connectivity index (χ3v) is 3.22. The average molecular weight is 250 g/mol. The molecule has 0 saturated carbocycles. The summed E-state index contributed by atoms with van der Waals surface area (Å²) in [6.45, 7) is 0. The fourth-order valence-electron chi connectivity index (χ4n) is 1.52. The fourth-order valence-corrected chi connectivity index (χ4v) is 2.18. The SMILES string of the molecule is O=CCS(=O)(=O)Oc1cccc2ccccc12. The molecule has 0 radical (unpaired) electrons. The highest BCUT2D eigenvalue weighted by molar-refractivity contribution is 7.87. The van der Waals surface area contributed by atoms with E-state index < -0.39 is 15.9 Å². The second-order valence-corrected chi connectivity index (χ2v) is 5.07. The van der Waals surface area contributed by atoms with Gasteiger partial charge in [-0.15, -0.1) is 0 Å². The van der Waals surface area contributed by atoms with Crippen LogP contribution in [0.4, 0.5) is 0 Å². The minimum atomic E-state index is -3.84. The van der Waals surface area contributed by atoms with Gasteiger partial charge in [-0.05, 0) is 11.5 Å². The molecule has 2 rings (SSSR count).